The maximum Gasteiger partial charge on any atom is 0.407 e. The van der Waals surface area contributed by atoms with Gasteiger partial charge in [-0.15, -0.1) is 0 Å². The third-order valence-corrected chi connectivity index (χ3v) is 4.40. The molecule has 1 amide bonds. The van der Waals surface area contributed by atoms with Crippen molar-refractivity contribution in [2.75, 3.05) is 13.1 Å². The molecule has 1 fully saturated rings. The summed E-state index contributed by atoms with van der Waals surface area (Å²) < 4.78 is 5.43. The number of carbonyl (C=O) groups is 1. The van der Waals surface area contributed by atoms with E-state index in [9.17, 15) is 4.79 Å². The van der Waals surface area contributed by atoms with Gasteiger partial charge in [-0.3, -0.25) is 4.90 Å². The van der Waals surface area contributed by atoms with Crippen molar-refractivity contribution in [1.29, 1.82) is 0 Å². The molecule has 23 heavy (non-hydrogen) atoms. The summed E-state index contributed by atoms with van der Waals surface area (Å²) in [6.07, 6.45) is 3.08. The Labute approximate surface area is 143 Å². The fourth-order valence-corrected chi connectivity index (χ4v) is 3.45. The Bertz CT molecular complexity index is 382. The SMILES string of the molecule is CCC(C)N1CC(CC(C)(C)C)CC(NC(=O)OC(C)(C)C)C1. The molecule has 4 heteroatoms. The largest absolute Gasteiger partial charge is 0.444 e. The fraction of sp³-hybridized carbons (Fsp3) is 0.947. The normalized spacial score (nSPS) is 25.0. The van der Waals surface area contributed by atoms with Crippen LogP contribution in [0.1, 0.15) is 74.7 Å². The van der Waals surface area contributed by atoms with Gasteiger partial charge in [0.15, 0.2) is 0 Å². The molecule has 1 saturated heterocycles. The summed E-state index contributed by atoms with van der Waals surface area (Å²) in [5.74, 6) is 0.623. The van der Waals surface area contributed by atoms with Gasteiger partial charge in [0.1, 0.15) is 5.60 Å². The Morgan fingerprint density at radius 3 is 2.30 bits per heavy atom. The van der Waals surface area contributed by atoms with Crippen molar-refractivity contribution in [2.45, 2.75) is 92.3 Å². The van der Waals surface area contributed by atoms with Gasteiger partial charge in [0.2, 0.25) is 0 Å². The number of alkyl carbamates (subject to hydrolysis) is 1. The van der Waals surface area contributed by atoms with Gasteiger partial charge in [0, 0.05) is 25.2 Å². The van der Waals surface area contributed by atoms with Crippen LogP contribution in [-0.2, 0) is 4.74 Å². The highest BCUT2D eigenvalue weighted by Gasteiger charge is 2.33. The van der Waals surface area contributed by atoms with Gasteiger partial charge >= 0.3 is 6.09 Å². The molecule has 0 aliphatic carbocycles. The Hall–Kier alpha value is -0.770. The molecule has 0 aromatic carbocycles. The molecule has 1 N–H and O–H groups in total. The zero-order valence-corrected chi connectivity index (χ0v) is 16.5. The Balaban J connectivity index is 2.71. The van der Waals surface area contributed by atoms with E-state index in [0.29, 0.717) is 17.4 Å². The number of piperidine rings is 1. The molecule has 1 heterocycles. The number of nitrogens with one attached hydrogen (secondary N) is 1. The molecule has 0 aromatic heterocycles. The Morgan fingerprint density at radius 2 is 1.83 bits per heavy atom. The van der Waals surface area contributed by atoms with E-state index in [-0.39, 0.29) is 12.1 Å². The summed E-state index contributed by atoms with van der Waals surface area (Å²) in [7, 11) is 0. The zero-order chi connectivity index (χ0) is 17.8. The van der Waals surface area contributed by atoms with Crippen LogP contribution in [0, 0.1) is 11.3 Å². The molecule has 0 saturated carbocycles. The molecule has 1 aliphatic rings. The van der Waals surface area contributed by atoms with Crippen molar-refractivity contribution in [2.24, 2.45) is 11.3 Å². The standard InChI is InChI=1S/C19H38N2O2/c1-9-14(2)21-12-15(11-18(3,4)5)10-16(13-21)20-17(22)23-19(6,7)8/h14-16H,9-13H2,1-8H3,(H,20,22). The summed E-state index contributed by atoms with van der Waals surface area (Å²) >= 11 is 0. The van der Waals surface area contributed by atoms with Gasteiger partial charge in [-0.05, 0) is 58.3 Å². The van der Waals surface area contributed by atoms with E-state index in [1.54, 1.807) is 0 Å². The number of carbonyl (C=O) groups excluding carboxylic acids is 1. The predicted molar refractivity (Wildman–Crippen MR) is 96.7 cm³/mol. The average Bonchev–Trinajstić information content (AvgIpc) is 2.32. The van der Waals surface area contributed by atoms with Crippen LogP contribution >= 0.6 is 0 Å². The van der Waals surface area contributed by atoms with Gasteiger partial charge in [0.05, 0.1) is 0 Å². The molecular formula is C19H38N2O2. The first-order valence-corrected chi connectivity index (χ1v) is 9.13. The first-order valence-electron chi connectivity index (χ1n) is 9.13. The first-order chi connectivity index (χ1) is 10.4. The maximum absolute atomic E-state index is 12.1. The summed E-state index contributed by atoms with van der Waals surface area (Å²) in [6, 6.07) is 0.737. The van der Waals surface area contributed by atoms with Crippen LogP contribution in [0.25, 0.3) is 0 Å². The fourth-order valence-electron chi connectivity index (χ4n) is 3.45. The molecule has 3 unspecified atom stereocenters. The van der Waals surface area contributed by atoms with E-state index in [4.69, 9.17) is 4.74 Å². The van der Waals surface area contributed by atoms with E-state index < -0.39 is 5.60 Å². The lowest BCUT2D eigenvalue weighted by Crippen LogP contribution is -2.54. The summed E-state index contributed by atoms with van der Waals surface area (Å²) in [5.41, 5.74) is -0.125. The maximum atomic E-state index is 12.1. The molecule has 0 bridgehead atoms. The topological polar surface area (TPSA) is 41.6 Å². The van der Waals surface area contributed by atoms with Gasteiger partial charge in [-0.2, -0.15) is 0 Å². The van der Waals surface area contributed by atoms with E-state index >= 15 is 0 Å². The number of amides is 1. The lowest BCUT2D eigenvalue weighted by Gasteiger charge is -2.42. The second kappa shape index (κ2) is 7.87. The molecule has 1 aliphatic heterocycles. The number of hydrogen-bond donors (Lipinski definition) is 1. The minimum absolute atomic E-state index is 0.181. The van der Waals surface area contributed by atoms with Crippen molar-refractivity contribution in [3.8, 4) is 0 Å². The van der Waals surface area contributed by atoms with E-state index in [0.717, 1.165) is 25.9 Å². The third-order valence-electron chi connectivity index (χ3n) is 4.40. The highest BCUT2D eigenvalue weighted by atomic mass is 16.6. The predicted octanol–water partition coefficient (Wildman–Crippen LogP) is 4.44. The smallest absolute Gasteiger partial charge is 0.407 e. The van der Waals surface area contributed by atoms with Crippen LogP contribution in [0.15, 0.2) is 0 Å². The zero-order valence-electron chi connectivity index (χ0n) is 16.5. The molecular weight excluding hydrogens is 288 g/mol. The molecule has 0 spiro atoms. The van der Waals surface area contributed by atoms with Gasteiger partial charge in [-0.1, -0.05) is 27.7 Å². The average molecular weight is 327 g/mol. The minimum Gasteiger partial charge on any atom is -0.444 e. The second-order valence-corrected chi connectivity index (χ2v) is 9.42. The molecule has 1 rings (SSSR count). The van der Waals surface area contributed by atoms with Gasteiger partial charge in [0.25, 0.3) is 0 Å². The number of likely N-dealkylation sites (tertiary alicyclic amines) is 1. The molecule has 0 radical (unpaired) electrons. The van der Waals surface area contributed by atoms with Crippen LogP contribution in [0.5, 0.6) is 0 Å². The van der Waals surface area contributed by atoms with Gasteiger partial charge in [-0.25, -0.2) is 4.79 Å². The molecule has 3 atom stereocenters. The van der Waals surface area contributed by atoms with Crippen LogP contribution in [0.2, 0.25) is 0 Å². The number of rotatable bonds is 4. The lowest BCUT2D eigenvalue weighted by molar-refractivity contribution is 0.0393. The van der Waals surface area contributed by atoms with Crippen LogP contribution < -0.4 is 5.32 Å². The summed E-state index contributed by atoms with van der Waals surface area (Å²) in [4.78, 5) is 14.6. The lowest BCUT2D eigenvalue weighted by atomic mass is 9.79. The van der Waals surface area contributed by atoms with Crippen molar-refractivity contribution >= 4 is 6.09 Å². The van der Waals surface area contributed by atoms with E-state index in [1.807, 2.05) is 20.8 Å². The summed E-state index contributed by atoms with van der Waals surface area (Å²) in [6.45, 7) is 19.2. The number of hydrogen-bond acceptors (Lipinski definition) is 3. The van der Waals surface area contributed by atoms with Crippen molar-refractivity contribution < 1.29 is 9.53 Å². The van der Waals surface area contributed by atoms with E-state index in [2.05, 4.69) is 44.8 Å². The first kappa shape index (κ1) is 20.3. The number of ether oxygens (including phenoxy) is 1. The molecule has 136 valence electrons. The molecule has 0 aromatic rings. The van der Waals surface area contributed by atoms with Crippen molar-refractivity contribution in [3.63, 3.8) is 0 Å². The van der Waals surface area contributed by atoms with Crippen molar-refractivity contribution in [3.05, 3.63) is 0 Å². The minimum atomic E-state index is -0.444. The highest BCUT2D eigenvalue weighted by Crippen LogP contribution is 2.31. The Morgan fingerprint density at radius 1 is 1.22 bits per heavy atom. The number of nitrogens with zero attached hydrogens (tertiary/aromatic N) is 1. The Kier molecular flexibility index (Phi) is 6.94. The van der Waals surface area contributed by atoms with Crippen LogP contribution in [-0.4, -0.2) is 41.8 Å². The molecule has 4 nitrogen and oxygen atoms in total. The van der Waals surface area contributed by atoms with Gasteiger partial charge < -0.3 is 10.1 Å². The van der Waals surface area contributed by atoms with E-state index in [1.165, 1.54) is 6.42 Å². The van der Waals surface area contributed by atoms with Crippen LogP contribution in [0.4, 0.5) is 4.79 Å². The quantitative estimate of drug-likeness (QED) is 0.830. The second-order valence-electron chi connectivity index (χ2n) is 9.42. The highest BCUT2D eigenvalue weighted by molar-refractivity contribution is 5.68. The van der Waals surface area contributed by atoms with Crippen molar-refractivity contribution in [1.82, 2.24) is 10.2 Å². The van der Waals surface area contributed by atoms with Crippen LogP contribution in [0.3, 0.4) is 0 Å². The monoisotopic (exact) mass is 326 g/mol. The summed E-state index contributed by atoms with van der Waals surface area (Å²) in [5, 5.41) is 3.10. The third kappa shape index (κ3) is 8.05.